The number of allylic oxidation sites excluding steroid dienone is 1. The summed E-state index contributed by atoms with van der Waals surface area (Å²) in [7, 11) is 0. The van der Waals surface area contributed by atoms with E-state index in [0.29, 0.717) is 5.92 Å². The van der Waals surface area contributed by atoms with Crippen LogP contribution in [0, 0.1) is 5.92 Å². The van der Waals surface area contributed by atoms with Gasteiger partial charge < -0.3 is 10.2 Å². The summed E-state index contributed by atoms with van der Waals surface area (Å²) in [6.45, 7) is 10.1. The van der Waals surface area contributed by atoms with E-state index in [1.54, 1.807) is 18.7 Å². The molecular formula is C13H23N3OS. The molecule has 0 atom stereocenters. The van der Waals surface area contributed by atoms with Crippen LogP contribution in [0.1, 0.15) is 26.7 Å². The zero-order valence-electron chi connectivity index (χ0n) is 11.5. The van der Waals surface area contributed by atoms with Crippen LogP contribution in [-0.4, -0.2) is 41.9 Å². The Bertz CT molecular complexity index is 333. The van der Waals surface area contributed by atoms with Gasteiger partial charge in [0.1, 0.15) is 0 Å². The van der Waals surface area contributed by atoms with E-state index < -0.39 is 0 Å². The topological polar surface area (TPSA) is 44.7 Å². The molecule has 18 heavy (non-hydrogen) atoms. The molecule has 1 rings (SSSR count). The molecule has 1 saturated heterocycles. The Morgan fingerprint density at radius 1 is 1.44 bits per heavy atom. The first-order chi connectivity index (χ1) is 8.52. The minimum absolute atomic E-state index is 0.0612. The van der Waals surface area contributed by atoms with E-state index >= 15 is 0 Å². The number of piperidine rings is 1. The van der Waals surface area contributed by atoms with Crippen LogP contribution in [0.5, 0.6) is 0 Å². The summed E-state index contributed by atoms with van der Waals surface area (Å²) >= 11 is 1.67. The first-order valence-corrected chi connectivity index (χ1v) is 7.53. The van der Waals surface area contributed by atoms with Gasteiger partial charge in [-0.2, -0.15) is 0 Å². The first kappa shape index (κ1) is 15.1. The molecule has 1 amide bonds. The normalized spacial score (nSPS) is 17.7. The van der Waals surface area contributed by atoms with Crippen LogP contribution in [0.4, 0.5) is 0 Å². The number of thioether (sulfide) groups is 1. The Morgan fingerprint density at radius 2 is 2.06 bits per heavy atom. The second kappa shape index (κ2) is 7.46. The molecule has 1 aliphatic heterocycles. The number of amidine groups is 1. The highest BCUT2D eigenvalue weighted by Gasteiger charge is 2.21. The van der Waals surface area contributed by atoms with Gasteiger partial charge >= 0.3 is 0 Å². The van der Waals surface area contributed by atoms with Crippen LogP contribution in [0.2, 0.25) is 0 Å². The number of aliphatic imine (C=N–C) groups is 1. The Labute approximate surface area is 114 Å². The highest BCUT2D eigenvalue weighted by atomic mass is 32.2. The van der Waals surface area contributed by atoms with Crippen molar-refractivity contribution in [2.45, 2.75) is 26.7 Å². The van der Waals surface area contributed by atoms with E-state index in [0.717, 1.165) is 43.3 Å². The molecule has 1 fully saturated rings. The average Bonchev–Trinajstić information content (AvgIpc) is 2.34. The third-order valence-corrected chi connectivity index (χ3v) is 3.71. The fourth-order valence-electron chi connectivity index (χ4n) is 2.03. The Balaban J connectivity index is 2.42. The lowest BCUT2D eigenvalue weighted by Gasteiger charge is -2.33. The minimum atomic E-state index is 0.0612. The van der Waals surface area contributed by atoms with Crippen LogP contribution in [-0.2, 0) is 4.79 Å². The van der Waals surface area contributed by atoms with Crippen molar-refractivity contribution in [3.63, 3.8) is 0 Å². The van der Waals surface area contributed by atoms with Gasteiger partial charge in [-0.15, -0.1) is 0 Å². The van der Waals surface area contributed by atoms with Gasteiger partial charge in [0.2, 0.25) is 5.91 Å². The standard InChI is InChI=1S/C13H23N3OS/c1-10(2)15-13(18-4)16-7-5-12(6-8-16)9-14-11(3)17/h12H,1,5-9H2,2-4H3,(H,14,17). The molecule has 0 aliphatic carbocycles. The number of nitrogens with zero attached hydrogens (tertiary/aromatic N) is 2. The molecule has 5 heteroatoms. The van der Waals surface area contributed by atoms with E-state index in [9.17, 15) is 4.79 Å². The molecule has 0 radical (unpaired) electrons. The Morgan fingerprint density at radius 3 is 2.50 bits per heavy atom. The number of likely N-dealkylation sites (tertiary alicyclic amines) is 1. The van der Waals surface area contributed by atoms with Crippen molar-refractivity contribution in [1.82, 2.24) is 10.2 Å². The summed E-state index contributed by atoms with van der Waals surface area (Å²) in [5.41, 5.74) is 0.847. The van der Waals surface area contributed by atoms with Crippen LogP contribution in [0.3, 0.4) is 0 Å². The quantitative estimate of drug-likeness (QED) is 0.630. The van der Waals surface area contributed by atoms with Crippen molar-refractivity contribution in [3.8, 4) is 0 Å². The molecule has 0 saturated carbocycles. The molecule has 0 bridgehead atoms. The highest BCUT2D eigenvalue weighted by Crippen LogP contribution is 2.20. The smallest absolute Gasteiger partial charge is 0.216 e. The van der Waals surface area contributed by atoms with Gasteiger partial charge in [-0.05, 0) is 31.9 Å². The predicted molar refractivity (Wildman–Crippen MR) is 78.7 cm³/mol. The van der Waals surface area contributed by atoms with Crippen molar-refractivity contribution < 1.29 is 4.79 Å². The van der Waals surface area contributed by atoms with Crippen molar-refractivity contribution in [1.29, 1.82) is 0 Å². The van der Waals surface area contributed by atoms with Gasteiger partial charge in [0.25, 0.3) is 0 Å². The van der Waals surface area contributed by atoms with Gasteiger partial charge in [0.15, 0.2) is 5.17 Å². The number of carbonyl (C=O) groups is 1. The summed E-state index contributed by atoms with van der Waals surface area (Å²) in [6.07, 6.45) is 4.26. The van der Waals surface area contributed by atoms with Crippen LogP contribution in [0.15, 0.2) is 17.3 Å². The monoisotopic (exact) mass is 269 g/mol. The van der Waals surface area contributed by atoms with Gasteiger partial charge in [-0.25, -0.2) is 4.99 Å². The summed E-state index contributed by atoms with van der Waals surface area (Å²) in [4.78, 5) is 17.6. The van der Waals surface area contributed by atoms with Crippen molar-refractivity contribution >= 4 is 22.8 Å². The molecule has 0 aromatic rings. The molecule has 0 aromatic carbocycles. The maximum absolute atomic E-state index is 10.9. The van der Waals surface area contributed by atoms with Crippen molar-refractivity contribution in [2.24, 2.45) is 10.9 Å². The van der Waals surface area contributed by atoms with Gasteiger partial charge in [0.05, 0.1) is 0 Å². The van der Waals surface area contributed by atoms with Crippen LogP contribution >= 0.6 is 11.8 Å². The number of nitrogens with one attached hydrogen (secondary N) is 1. The molecule has 1 aliphatic rings. The molecule has 102 valence electrons. The lowest BCUT2D eigenvalue weighted by Crippen LogP contribution is -2.40. The van der Waals surface area contributed by atoms with Gasteiger partial charge in [-0.3, -0.25) is 4.79 Å². The summed E-state index contributed by atoms with van der Waals surface area (Å²) in [6, 6.07) is 0. The summed E-state index contributed by atoms with van der Waals surface area (Å²) in [5, 5.41) is 3.95. The number of carbonyl (C=O) groups excluding carboxylic acids is 1. The molecule has 0 unspecified atom stereocenters. The fourth-order valence-corrected chi connectivity index (χ4v) is 2.71. The lowest BCUT2D eigenvalue weighted by molar-refractivity contribution is -0.119. The second-order valence-corrected chi connectivity index (χ2v) is 5.47. The SMILES string of the molecule is C=C(C)N=C(SC)N1CCC(CNC(C)=O)CC1. The van der Waals surface area contributed by atoms with Crippen LogP contribution < -0.4 is 5.32 Å². The lowest BCUT2D eigenvalue weighted by atomic mass is 9.97. The summed E-state index contributed by atoms with van der Waals surface area (Å²) in [5.74, 6) is 0.657. The largest absolute Gasteiger partial charge is 0.356 e. The third-order valence-electron chi connectivity index (χ3n) is 2.99. The van der Waals surface area contributed by atoms with Gasteiger partial charge in [-0.1, -0.05) is 18.3 Å². The third kappa shape index (κ3) is 5.12. The highest BCUT2D eigenvalue weighted by molar-refractivity contribution is 8.13. The van der Waals surface area contributed by atoms with Gasteiger partial charge in [0, 0.05) is 32.3 Å². The summed E-state index contributed by atoms with van der Waals surface area (Å²) < 4.78 is 0. The predicted octanol–water partition coefficient (Wildman–Crippen LogP) is 2.09. The molecule has 1 N–H and O–H groups in total. The molecule has 4 nitrogen and oxygen atoms in total. The zero-order chi connectivity index (χ0) is 13.5. The minimum Gasteiger partial charge on any atom is -0.356 e. The fraction of sp³-hybridized carbons (Fsp3) is 0.692. The first-order valence-electron chi connectivity index (χ1n) is 6.30. The Kier molecular flexibility index (Phi) is 6.25. The molecule has 0 spiro atoms. The van der Waals surface area contributed by atoms with Crippen molar-refractivity contribution in [3.05, 3.63) is 12.3 Å². The van der Waals surface area contributed by atoms with E-state index in [4.69, 9.17) is 0 Å². The average molecular weight is 269 g/mol. The zero-order valence-corrected chi connectivity index (χ0v) is 12.3. The van der Waals surface area contributed by atoms with Crippen molar-refractivity contribution in [2.75, 3.05) is 25.9 Å². The Hall–Kier alpha value is -0.970. The van der Waals surface area contributed by atoms with E-state index in [2.05, 4.69) is 21.8 Å². The molecule has 1 heterocycles. The van der Waals surface area contributed by atoms with Crippen LogP contribution in [0.25, 0.3) is 0 Å². The number of amides is 1. The molecular weight excluding hydrogens is 246 g/mol. The second-order valence-electron chi connectivity index (χ2n) is 4.70. The number of hydrogen-bond donors (Lipinski definition) is 1. The van der Waals surface area contributed by atoms with E-state index in [-0.39, 0.29) is 5.91 Å². The maximum atomic E-state index is 10.9. The number of hydrogen-bond acceptors (Lipinski definition) is 3. The van der Waals surface area contributed by atoms with E-state index in [1.807, 2.05) is 13.2 Å². The maximum Gasteiger partial charge on any atom is 0.216 e. The number of rotatable bonds is 3. The van der Waals surface area contributed by atoms with E-state index in [1.165, 1.54) is 0 Å². The molecule has 0 aromatic heterocycles.